The SMILES string of the molecule is CN(C)c1ccc(CCc2ccc(CC(=O)NN)cc2)cc1.Cl.Cl. The molecule has 0 bridgehead atoms. The number of amides is 1. The zero-order valence-corrected chi connectivity index (χ0v) is 15.6. The molecule has 2 aromatic rings. The van der Waals surface area contributed by atoms with E-state index in [0.29, 0.717) is 6.42 Å². The van der Waals surface area contributed by atoms with Crippen LogP contribution in [-0.2, 0) is 24.1 Å². The van der Waals surface area contributed by atoms with Crippen molar-refractivity contribution in [3.05, 3.63) is 65.2 Å². The molecule has 4 nitrogen and oxygen atoms in total. The first-order chi connectivity index (χ1) is 10.6. The molecule has 0 atom stereocenters. The number of nitrogens with one attached hydrogen (secondary N) is 1. The molecule has 0 aliphatic heterocycles. The molecule has 132 valence electrons. The van der Waals surface area contributed by atoms with E-state index in [4.69, 9.17) is 5.84 Å². The van der Waals surface area contributed by atoms with E-state index in [1.807, 2.05) is 26.2 Å². The van der Waals surface area contributed by atoms with Crippen LogP contribution in [0.15, 0.2) is 48.5 Å². The Hall–Kier alpha value is -1.75. The van der Waals surface area contributed by atoms with Gasteiger partial charge in [-0.15, -0.1) is 24.8 Å². The number of rotatable bonds is 6. The Bertz CT molecular complexity index is 613. The molecule has 3 N–H and O–H groups in total. The standard InChI is InChI=1S/C18H23N3O.2ClH/c1-21(2)17-11-9-15(10-12-17)4-3-14-5-7-16(8-6-14)13-18(22)20-19;;/h5-12H,3-4,13,19H2,1-2H3,(H,20,22);2*1H. The quantitative estimate of drug-likeness (QED) is 0.467. The largest absolute Gasteiger partial charge is 0.378 e. The Morgan fingerprint density at radius 1 is 0.875 bits per heavy atom. The Kier molecular flexibility index (Phi) is 10.1. The molecule has 0 unspecified atom stereocenters. The average molecular weight is 370 g/mol. The van der Waals surface area contributed by atoms with E-state index in [2.05, 4.69) is 46.7 Å². The molecule has 0 aliphatic carbocycles. The summed E-state index contributed by atoms with van der Waals surface area (Å²) < 4.78 is 0. The number of hydrogen-bond acceptors (Lipinski definition) is 3. The molecule has 6 heteroatoms. The van der Waals surface area contributed by atoms with Gasteiger partial charge in [-0.25, -0.2) is 5.84 Å². The highest BCUT2D eigenvalue weighted by atomic mass is 35.5. The lowest BCUT2D eigenvalue weighted by Gasteiger charge is -2.12. The molecule has 0 saturated heterocycles. The monoisotopic (exact) mass is 369 g/mol. The van der Waals surface area contributed by atoms with Crippen LogP contribution in [0.25, 0.3) is 0 Å². The molecule has 24 heavy (non-hydrogen) atoms. The van der Waals surface area contributed by atoms with Gasteiger partial charge in [-0.05, 0) is 41.7 Å². The normalized spacial score (nSPS) is 9.46. The van der Waals surface area contributed by atoms with Crippen LogP contribution in [0.1, 0.15) is 16.7 Å². The third kappa shape index (κ3) is 6.79. The number of aryl methyl sites for hydroxylation is 2. The second-order valence-electron chi connectivity index (χ2n) is 5.62. The van der Waals surface area contributed by atoms with E-state index in [-0.39, 0.29) is 30.7 Å². The number of halogens is 2. The van der Waals surface area contributed by atoms with Crippen molar-refractivity contribution in [1.29, 1.82) is 0 Å². The number of carbonyl (C=O) groups is 1. The third-order valence-corrected chi connectivity index (χ3v) is 3.70. The number of anilines is 1. The topological polar surface area (TPSA) is 58.4 Å². The summed E-state index contributed by atoms with van der Waals surface area (Å²) in [6.45, 7) is 0. The van der Waals surface area contributed by atoms with Crippen LogP contribution in [-0.4, -0.2) is 20.0 Å². The fourth-order valence-corrected chi connectivity index (χ4v) is 2.31. The highest BCUT2D eigenvalue weighted by Crippen LogP contribution is 2.14. The highest BCUT2D eigenvalue weighted by Gasteiger charge is 2.02. The average Bonchev–Trinajstić information content (AvgIpc) is 2.54. The summed E-state index contributed by atoms with van der Waals surface area (Å²) in [6.07, 6.45) is 2.32. The van der Waals surface area contributed by atoms with Crippen molar-refractivity contribution in [2.24, 2.45) is 5.84 Å². The Morgan fingerprint density at radius 3 is 1.71 bits per heavy atom. The van der Waals surface area contributed by atoms with Crippen molar-refractivity contribution in [3.63, 3.8) is 0 Å². The lowest BCUT2D eigenvalue weighted by molar-refractivity contribution is -0.120. The second kappa shape index (κ2) is 10.9. The molecule has 0 saturated carbocycles. The van der Waals surface area contributed by atoms with Crippen LogP contribution >= 0.6 is 24.8 Å². The van der Waals surface area contributed by atoms with E-state index in [1.54, 1.807) is 0 Å². The number of hydrogen-bond donors (Lipinski definition) is 2. The molecule has 0 aromatic heterocycles. The van der Waals surface area contributed by atoms with Crippen LogP contribution in [0.2, 0.25) is 0 Å². The maximum Gasteiger partial charge on any atom is 0.238 e. The minimum absolute atomic E-state index is 0. The minimum atomic E-state index is -0.172. The maximum absolute atomic E-state index is 11.2. The summed E-state index contributed by atoms with van der Waals surface area (Å²) in [6, 6.07) is 16.8. The molecular weight excluding hydrogens is 345 g/mol. The van der Waals surface area contributed by atoms with Gasteiger partial charge in [0.2, 0.25) is 5.91 Å². The van der Waals surface area contributed by atoms with Crippen molar-refractivity contribution >= 4 is 36.4 Å². The number of carbonyl (C=O) groups excluding carboxylic acids is 1. The Balaban J connectivity index is 0.00000264. The van der Waals surface area contributed by atoms with Gasteiger partial charge in [-0.3, -0.25) is 10.2 Å². The first-order valence-electron chi connectivity index (χ1n) is 7.42. The van der Waals surface area contributed by atoms with Crippen molar-refractivity contribution in [1.82, 2.24) is 5.43 Å². The third-order valence-electron chi connectivity index (χ3n) is 3.70. The van der Waals surface area contributed by atoms with Crippen molar-refractivity contribution < 1.29 is 4.79 Å². The van der Waals surface area contributed by atoms with Crippen LogP contribution < -0.4 is 16.2 Å². The summed E-state index contributed by atoms with van der Waals surface area (Å²) >= 11 is 0. The van der Waals surface area contributed by atoms with E-state index in [0.717, 1.165) is 18.4 Å². The minimum Gasteiger partial charge on any atom is -0.378 e. The summed E-state index contributed by atoms with van der Waals surface area (Å²) in [7, 11) is 4.09. The summed E-state index contributed by atoms with van der Waals surface area (Å²) in [5, 5.41) is 0. The highest BCUT2D eigenvalue weighted by molar-refractivity contribution is 5.85. The lowest BCUT2D eigenvalue weighted by atomic mass is 10.0. The first-order valence-corrected chi connectivity index (χ1v) is 7.42. The zero-order valence-electron chi connectivity index (χ0n) is 14.0. The summed E-state index contributed by atoms with van der Waals surface area (Å²) in [5.74, 6) is 4.92. The van der Waals surface area contributed by atoms with Gasteiger partial charge in [0.15, 0.2) is 0 Å². The molecule has 0 aliphatic rings. The van der Waals surface area contributed by atoms with Gasteiger partial charge in [-0.2, -0.15) is 0 Å². The van der Waals surface area contributed by atoms with Gasteiger partial charge >= 0.3 is 0 Å². The molecule has 1 amide bonds. The summed E-state index contributed by atoms with van der Waals surface area (Å²) in [5.41, 5.74) is 6.94. The van der Waals surface area contributed by atoms with Gasteiger partial charge in [0.05, 0.1) is 6.42 Å². The molecular formula is C18H25Cl2N3O. The van der Waals surface area contributed by atoms with Gasteiger partial charge in [0.1, 0.15) is 0 Å². The predicted octanol–water partition coefficient (Wildman–Crippen LogP) is 2.91. The first kappa shape index (κ1) is 22.2. The van der Waals surface area contributed by atoms with Crippen LogP contribution in [0.5, 0.6) is 0 Å². The molecule has 0 radical (unpaired) electrons. The number of benzene rings is 2. The van der Waals surface area contributed by atoms with Gasteiger partial charge in [0.25, 0.3) is 0 Å². The predicted molar refractivity (Wildman–Crippen MR) is 105 cm³/mol. The molecule has 0 heterocycles. The van der Waals surface area contributed by atoms with Crippen LogP contribution in [0.3, 0.4) is 0 Å². The molecule has 0 fully saturated rings. The van der Waals surface area contributed by atoms with Crippen molar-refractivity contribution in [2.75, 3.05) is 19.0 Å². The Labute approximate surface area is 156 Å². The van der Waals surface area contributed by atoms with Gasteiger partial charge in [0, 0.05) is 19.8 Å². The van der Waals surface area contributed by atoms with Crippen molar-refractivity contribution in [3.8, 4) is 0 Å². The molecule has 0 spiro atoms. The fraction of sp³-hybridized carbons (Fsp3) is 0.278. The smallest absolute Gasteiger partial charge is 0.238 e. The van der Waals surface area contributed by atoms with Crippen molar-refractivity contribution in [2.45, 2.75) is 19.3 Å². The van der Waals surface area contributed by atoms with Crippen LogP contribution in [0, 0.1) is 0 Å². The number of nitrogens with zero attached hydrogens (tertiary/aromatic N) is 1. The summed E-state index contributed by atoms with van der Waals surface area (Å²) in [4.78, 5) is 13.3. The van der Waals surface area contributed by atoms with E-state index >= 15 is 0 Å². The van der Waals surface area contributed by atoms with Crippen LogP contribution in [0.4, 0.5) is 5.69 Å². The molecule has 2 aromatic carbocycles. The number of hydrazine groups is 1. The number of nitrogens with two attached hydrogens (primary N) is 1. The fourth-order valence-electron chi connectivity index (χ4n) is 2.31. The Morgan fingerprint density at radius 2 is 1.29 bits per heavy atom. The van der Waals surface area contributed by atoms with E-state index in [9.17, 15) is 4.79 Å². The zero-order chi connectivity index (χ0) is 15.9. The molecule has 2 rings (SSSR count). The second-order valence-corrected chi connectivity index (χ2v) is 5.62. The van der Waals surface area contributed by atoms with Gasteiger partial charge < -0.3 is 4.90 Å². The van der Waals surface area contributed by atoms with E-state index < -0.39 is 0 Å². The van der Waals surface area contributed by atoms with Gasteiger partial charge in [-0.1, -0.05) is 36.4 Å². The van der Waals surface area contributed by atoms with E-state index in [1.165, 1.54) is 16.8 Å². The lowest BCUT2D eigenvalue weighted by Crippen LogP contribution is -2.31. The maximum atomic E-state index is 11.2.